The van der Waals surface area contributed by atoms with E-state index >= 15 is 0 Å². The molecule has 0 amide bonds. The standard InChI is InChI=1S/C12H15ClN2O3/c1-3-6-18-12-7-10(14-8-9(2)13)4-5-11(12)15(16)17/h4-5,7,14H,2-3,6,8H2,1H3. The molecule has 0 aliphatic rings. The number of halogens is 1. The fraction of sp³-hybridized carbons (Fsp3) is 0.333. The third kappa shape index (κ3) is 4.25. The van der Waals surface area contributed by atoms with Crippen molar-refractivity contribution < 1.29 is 9.66 Å². The van der Waals surface area contributed by atoms with Gasteiger partial charge in [-0.05, 0) is 12.5 Å². The van der Waals surface area contributed by atoms with Crippen molar-refractivity contribution in [2.45, 2.75) is 13.3 Å². The second-order valence-electron chi connectivity index (χ2n) is 3.66. The van der Waals surface area contributed by atoms with Gasteiger partial charge in [-0.25, -0.2) is 0 Å². The molecule has 98 valence electrons. The van der Waals surface area contributed by atoms with Crippen molar-refractivity contribution in [2.24, 2.45) is 0 Å². The number of ether oxygens (including phenoxy) is 1. The molecule has 18 heavy (non-hydrogen) atoms. The Labute approximate surface area is 111 Å². The second kappa shape index (κ2) is 6.86. The lowest BCUT2D eigenvalue weighted by Crippen LogP contribution is -2.03. The highest BCUT2D eigenvalue weighted by molar-refractivity contribution is 6.29. The lowest BCUT2D eigenvalue weighted by molar-refractivity contribution is -0.385. The Morgan fingerprint density at radius 1 is 1.61 bits per heavy atom. The van der Waals surface area contributed by atoms with E-state index in [2.05, 4.69) is 11.9 Å². The number of nitrogens with zero attached hydrogens (tertiary/aromatic N) is 1. The van der Waals surface area contributed by atoms with Crippen molar-refractivity contribution in [1.29, 1.82) is 0 Å². The normalized spacial score (nSPS) is 9.89. The highest BCUT2D eigenvalue weighted by atomic mass is 35.5. The van der Waals surface area contributed by atoms with Crippen LogP contribution in [0, 0.1) is 10.1 Å². The van der Waals surface area contributed by atoms with E-state index in [1.165, 1.54) is 6.07 Å². The zero-order valence-corrected chi connectivity index (χ0v) is 10.9. The van der Waals surface area contributed by atoms with Gasteiger partial charge in [0.2, 0.25) is 0 Å². The van der Waals surface area contributed by atoms with E-state index in [4.69, 9.17) is 16.3 Å². The molecule has 0 saturated heterocycles. The maximum atomic E-state index is 10.8. The van der Waals surface area contributed by atoms with E-state index in [0.29, 0.717) is 23.9 Å². The molecule has 0 aliphatic heterocycles. The molecule has 0 unspecified atom stereocenters. The van der Waals surface area contributed by atoms with E-state index < -0.39 is 4.92 Å². The van der Waals surface area contributed by atoms with Crippen LogP contribution in [0.15, 0.2) is 29.8 Å². The van der Waals surface area contributed by atoms with Gasteiger partial charge in [-0.1, -0.05) is 25.1 Å². The zero-order chi connectivity index (χ0) is 13.5. The molecular formula is C12H15ClN2O3. The summed E-state index contributed by atoms with van der Waals surface area (Å²) >= 11 is 5.64. The fourth-order valence-corrected chi connectivity index (χ4v) is 1.37. The van der Waals surface area contributed by atoms with E-state index in [1.54, 1.807) is 12.1 Å². The number of hydrogen-bond donors (Lipinski definition) is 1. The monoisotopic (exact) mass is 270 g/mol. The Kier molecular flexibility index (Phi) is 5.45. The number of anilines is 1. The molecule has 0 spiro atoms. The minimum Gasteiger partial charge on any atom is -0.487 e. The van der Waals surface area contributed by atoms with Crippen LogP contribution in [0.2, 0.25) is 0 Å². The number of rotatable bonds is 7. The Bertz CT molecular complexity index is 449. The molecule has 1 rings (SSSR count). The maximum absolute atomic E-state index is 10.8. The average molecular weight is 271 g/mol. The van der Waals surface area contributed by atoms with Crippen molar-refractivity contribution in [1.82, 2.24) is 0 Å². The van der Waals surface area contributed by atoms with Crippen LogP contribution in [-0.2, 0) is 0 Å². The summed E-state index contributed by atoms with van der Waals surface area (Å²) in [5, 5.41) is 14.3. The molecule has 0 fully saturated rings. The van der Waals surface area contributed by atoms with Crippen LogP contribution >= 0.6 is 11.6 Å². The molecule has 5 nitrogen and oxygen atoms in total. The van der Waals surface area contributed by atoms with Gasteiger partial charge in [0, 0.05) is 22.9 Å². The number of hydrogen-bond acceptors (Lipinski definition) is 4. The third-order valence-electron chi connectivity index (χ3n) is 2.10. The van der Waals surface area contributed by atoms with Crippen LogP contribution in [0.25, 0.3) is 0 Å². The first kappa shape index (κ1) is 14.3. The van der Waals surface area contributed by atoms with Gasteiger partial charge in [0.15, 0.2) is 5.75 Å². The van der Waals surface area contributed by atoms with Gasteiger partial charge < -0.3 is 10.1 Å². The van der Waals surface area contributed by atoms with Gasteiger partial charge >= 0.3 is 5.69 Å². The summed E-state index contributed by atoms with van der Waals surface area (Å²) in [6, 6.07) is 4.61. The van der Waals surface area contributed by atoms with Crippen molar-refractivity contribution in [3.05, 3.63) is 39.9 Å². The molecule has 0 bridgehead atoms. The van der Waals surface area contributed by atoms with E-state index in [0.717, 1.165) is 6.42 Å². The molecule has 0 radical (unpaired) electrons. The van der Waals surface area contributed by atoms with Crippen LogP contribution in [0.3, 0.4) is 0 Å². The first-order valence-electron chi connectivity index (χ1n) is 5.53. The summed E-state index contributed by atoms with van der Waals surface area (Å²) < 4.78 is 5.36. The minimum atomic E-state index is -0.463. The predicted molar refractivity (Wildman–Crippen MR) is 72.4 cm³/mol. The van der Waals surface area contributed by atoms with Gasteiger partial charge in [-0.3, -0.25) is 10.1 Å². The van der Waals surface area contributed by atoms with Crippen molar-refractivity contribution >= 4 is 23.0 Å². The average Bonchev–Trinajstić information content (AvgIpc) is 2.33. The predicted octanol–water partition coefficient (Wildman–Crippen LogP) is 3.55. The fourth-order valence-electron chi connectivity index (χ4n) is 1.30. The van der Waals surface area contributed by atoms with E-state index in [9.17, 15) is 10.1 Å². The summed E-state index contributed by atoms with van der Waals surface area (Å²) in [7, 11) is 0. The third-order valence-corrected chi connectivity index (χ3v) is 2.24. The summed E-state index contributed by atoms with van der Waals surface area (Å²) in [6.07, 6.45) is 0.785. The largest absolute Gasteiger partial charge is 0.487 e. The molecular weight excluding hydrogens is 256 g/mol. The SMILES string of the molecule is C=C(Cl)CNc1ccc([N+](=O)[O-])c(OCCC)c1. The topological polar surface area (TPSA) is 64.4 Å². The van der Waals surface area contributed by atoms with Gasteiger partial charge in [-0.15, -0.1) is 0 Å². The van der Waals surface area contributed by atoms with Crippen molar-refractivity contribution in [3.63, 3.8) is 0 Å². The summed E-state index contributed by atoms with van der Waals surface area (Å²) in [6.45, 7) is 6.32. The van der Waals surface area contributed by atoms with Gasteiger partial charge in [-0.2, -0.15) is 0 Å². The van der Waals surface area contributed by atoms with E-state index in [1.807, 2.05) is 6.92 Å². The van der Waals surface area contributed by atoms with Gasteiger partial charge in [0.1, 0.15) is 0 Å². The van der Waals surface area contributed by atoms with E-state index in [-0.39, 0.29) is 11.4 Å². The smallest absolute Gasteiger partial charge is 0.311 e. The van der Waals surface area contributed by atoms with Crippen molar-refractivity contribution in [3.8, 4) is 5.75 Å². The van der Waals surface area contributed by atoms with Crippen LogP contribution in [0.5, 0.6) is 5.75 Å². The Balaban J connectivity index is 2.89. The summed E-state index contributed by atoms with van der Waals surface area (Å²) in [4.78, 5) is 10.4. The van der Waals surface area contributed by atoms with Crippen LogP contribution in [0.1, 0.15) is 13.3 Å². The Morgan fingerprint density at radius 2 is 2.33 bits per heavy atom. The number of nitrogens with one attached hydrogen (secondary N) is 1. The lowest BCUT2D eigenvalue weighted by atomic mass is 10.2. The maximum Gasteiger partial charge on any atom is 0.311 e. The number of benzene rings is 1. The molecule has 0 atom stereocenters. The summed E-state index contributed by atoms with van der Waals surface area (Å²) in [5.41, 5.74) is 0.659. The van der Waals surface area contributed by atoms with Crippen LogP contribution in [0.4, 0.5) is 11.4 Å². The second-order valence-corrected chi connectivity index (χ2v) is 4.19. The van der Waals surface area contributed by atoms with Crippen LogP contribution < -0.4 is 10.1 Å². The van der Waals surface area contributed by atoms with Gasteiger partial charge in [0.25, 0.3) is 0 Å². The van der Waals surface area contributed by atoms with Crippen LogP contribution in [-0.4, -0.2) is 18.1 Å². The van der Waals surface area contributed by atoms with Gasteiger partial charge in [0.05, 0.1) is 18.1 Å². The molecule has 0 aromatic heterocycles. The molecule has 0 aliphatic carbocycles. The number of nitro groups is 1. The summed E-state index contributed by atoms with van der Waals surface area (Å²) in [5.74, 6) is 0.257. The Morgan fingerprint density at radius 3 is 2.89 bits per heavy atom. The Hall–Kier alpha value is -1.75. The molecule has 1 aromatic carbocycles. The molecule has 0 heterocycles. The number of nitro benzene ring substituents is 1. The molecule has 6 heteroatoms. The highest BCUT2D eigenvalue weighted by Gasteiger charge is 2.15. The highest BCUT2D eigenvalue weighted by Crippen LogP contribution is 2.30. The quantitative estimate of drug-likeness (QED) is 0.608. The first-order valence-corrected chi connectivity index (χ1v) is 5.90. The lowest BCUT2D eigenvalue weighted by Gasteiger charge is -2.09. The first-order chi connectivity index (χ1) is 8.54. The molecule has 1 aromatic rings. The zero-order valence-electron chi connectivity index (χ0n) is 10.1. The van der Waals surface area contributed by atoms with Crippen molar-refractivity contribution in [2.75, 3.05) is 18.5 Å². The molecule has 0 saturated carbocycles. The minimum absolute atomic E-state index is 0.0429. The molecule has 1 N–H and O–H groups in total.